The van der Waals surface area contributed by atoms with Gasteiger partial charge in [0, 0.05) is 5.54 Å². The molecular weight excluding hydrogens is 248 g/mol. The van der Waals surface area contributed by atoms with Crippen LogP contribution in [0.2, 0.25) is 0 Å². The van der Waals surface area contributed by atoms with E-state index in [2.05, 4.69) is 55.3 Å². The average Bonchev–Trinajstić information content (AvgIpc) is 2.44. The van der Waals surface area contributed by atoms with Gasteiger partial charge in [-0.2, -0.15) is 0 Å². The van der Waals surface area contributed by atoms with Crippen LogP contribution in [0.25, 0.3) is 0 Å². The van der Waals surface area contributed by atoms with Crippen molar-refractivity contribution in [2.45, 2.75) is 45.2 Å². The van der Waals surface area contributed by atoms with Gasteiger partial charge < -0.3 is 10.2 Å². The van der Waals surface area contributed by atoms with E-state index in [0.717, 1.165) is 25.9 Å². The lowest BCUT2D eigenvalue weighted by Crippen LogP contribution is -2.70. The topological polar surface area (TPSA) is 32.3 Å². The Hall–Kier alpha value is -1.35. The summed E-state index contributed by atoms with van der Waals surface area (Å²) < 4.78 is 0. The van der Waals surface area contributed by atoms with Gasteiger partial charge in [0.15, 0.2) is 0 Å². The molecule has 1 spiro atoms. The number of rotatable bonds is 1. The molecule has 1 aromatic carbocycles. The number of hydrogen-bond acceptors (Lipinski definition) is 2. The fourth-order valence-electron chi connectivity index (χ4n) is 3.81. The van der Waals surface area contributed by atoms with Crippen LogP contribution in [0.15, 0.2) is 30.3 Å². The zero-order valence-electron chi connectivity index (χ0n) is 12.6. The van der Waals surface area contributed by atoms with Crippen molar-refractivity contribution in [2.24, 2.45) is 5.41 Å². The van der Waals surface area contributed by atoms with Gasteiger partial charge in [0.25, 0.3) is 0 Å². The minimum Gasteiger partial charge on any atom is -0.329 e. The number of β-lactam (4-membered cyclic amide) rings is 1. The third-order valence-electron chi connectivity index (χ3n) is 4.76. The van der Waals surface area contributed by atoms with Crippen molar-refractivity contribution < 1.29 is 4.79 Å². The highest BCUT2D eigenvalue weighted by atomic mass is 16.2. The van der Waals surface area contributed by atoms with E-state index in [1.54, 1.807) is 0 Å². The van der Waals surface area contributed by atoms with Gasteiger partial charge in [-0.1, -0.05) is 30.3 Å². The number of piperidine rings is 1. The Morgan fingerprint density at radius 3 is 2.30 bits per heavy atom. The van der Waals surface area contributed by atoms with Crippen molar-refractivity contribution in [3.05, 3.63) is 35.9 Å². The molecule has 1 atom stereocenters. The first-order valence-corrected chi connectivity index (χ1v) is 7.56. The van der Waals surface area contributed by atoms with Crippen LogP contribution in [0.5, 0.6) is 0 Å². The van der Waals surface area contributed by atoms with Crippen LogP contribution in [-0.2, 0) is 4.79 Å². The summed E-state index contributed by atoms with van der Waals surface area (Å²) in [4.78, 5) is 15.0. The van der Waals surface area contributed by atoms with Crippen molar-refractivity contribution in [3.63, 3.8) is 0 Å². The second kappa shape index (κ2) is 4.59. The van der Waals surface area contributed by atoms with Crippen LogP contribution in [0.3, 0.4) is 0 Å². The van der Waals surface area contributed by atoms with Gasteiger partial charge in [-0.25, -0.2) is 0 Å². The van der Waals surface area contributed by atoms with Crippen LogP contribution >= 0.6 is 0 Å². The predicted octanol–water partition coefficient (Wildman–Crippen LogP) is 2.74. The lowest BCUT2D eigenvalue weighted by Gasteiger charge is -2.62. The quantitative estimate of drug-likeness (QED) is 0.797. The molecule has 2 fully saturated rings. The van der Waals surface area contributed by atoms with Crippen molar-refractivity contribution in [1.82, 2.24) is 10.2 Å². The summed E-state index contributed by atoms with van der Waals surface area (Å²) in [5.41, 5.74) is 0.997. The highest BCUT2D eigenvalue weighted by Gasteiger charge is 2.63. The van der Waals surface area contributed by atoms with Gasteiger partial charge in [0.05, 0.1) is 11.5 Å². The number of likely N-dealkylation sites (tertiary alicyclic amines) is 1. The molecule has 2 saturated heterocycles. The molecule has 0 bridgehead atoms. The SMILES string of the molecule is CC(C)(C)N1C(=O)C2(CCNCC2)C1c1ccccc1. The molecule has 3 nitrogen and oxygen atoms in total. The number of carbonyl (C=O) groups excluding carboxylic acids is 1. The zero-order valence-corrected chi connectivity index (χ0v) is 12.6. The van der Waals surface area contributed by atoms with Gasteiger partial charge >= 0.3 is 0 Å². The summed E-state index contributed by atoms with van der Waals surface area (Å²) in [6.45, 7) is 8.30. The van der Waals surface area contributed by atoms with E-state index in [-0.39, 0.29) is 17.0 Å². The minimum atomic E-state index is -0.167. The van der Waals surface area contributed by atoms with Crippen molar-refractivity contribution in [2.75, 3.05) is 13.1 Å². The first-order valence-electron chi connectivity index (χ1n) is 7.56. The number of nitrogens with one attached hydrogen (secondary N) is 1. The Bertz CT molecular complexity index is 497. The lowest BCUT2D eigenvalue weighted by molar-refractivity contribution is -0.189. The number of hydrogen-bond donors (Lipinski definition) is 1. The number of nitrogens with zero attached hydrogens (tertiary/aromatic N) is 1. The molecule has 2 aliphatic heterocycles. The highest BCUT2D eigenvalue weighted by molar-refractivity contribution is 5.91. The maximum atomic E-state index is 12.9. The largest absolute Gasteiger partial charge is 0.329 e. The van der Waals surface area contributed by atoms with Crippen molar-refractivity contribution in [1.29, 1.82) is 0 Å². The molecular formula is C17H24N2O. The lowest BCUT2D eigenvalue weighted by atomic mass is 9.61. The van der Waals surface area contributed by atoms with Crippen molar-refractivity contribution in [3.8, 4) is 0 Å². The molecule has 20 heavy (non-hydrogen) atoms. The fraction of sp³-hybridized carbons (Fsp3) is 0.588. The van der Waals surface area contributed by atoms with Crippen LogP contribution in [0, 0.1) is 5.41 Å². The summed E-state index contributed by atoms with van der Waals surface area (Å²) in [5.74, 6) is 0.348. The van der Waals surface area contributed by atoms with Crippen LogP contribution in [-0.4, -0.2) is 29.4 Å². The normalized spacial score (nSPS) is 25.6. The number of carbonyl (C=O) groups is 1. The molecule has 1 amide bonds. The number of amides is 1. The molecule has 0 radical (unpaired) electrons. The third-order valence-corrected chi connectivity index (χ3v) is 4.76. The smallest absolute Gasteiger partial charge is 0.232 e. The first kappa shape index (κ1) is 13.6. The van der Waals surface area contributed by atoms with E-state index in [0.29, 0.717) is 5.91 Å². The van der Waals surface area contributed by atoms with E-state index >= 15 is 0 Å². The molecule has 0 aromatic heterocycles. The van der Waals surface area contributed by atoms with E-state index in [1.165, 1.54) is 5.56 Å². The minimum absolute atomic E-state index is 0.117. The van der Waals surface area contributed by atoms with E-state index in [4.69, 9.17) is 0 Å². The van der Waals surface area contributed by atoms with Crippen LogP contribution in [0.1, 0.15) is 45.2 Å². The molecule has 1 aromatic rings. The molecule has 2 aliphatic rings. The molecule has 2 heterocycles. The monoisotopic (exact) mass is 272 g/mol. The fourth-order valence-corrected chi connectivity index (χ4v) is 3.81. The standard InChI is InChI=1S/C17H24N2O/c1-16(2,3)19-14(13-7-5-4-6-8-13)17(15(19)20)9-11-18-12-10-17/h4-8,14,18H,9-12H2,1-3H3. The zero-order chi connectivity index (χ0) is 14.4. The van der Waals surface area contributed by atoms with Gasteiger partial charge in [0.2, 0.25) is 5.91 Å². The van der Waals surface area contributed by atoms with Crippen molar-refractivity contribution >= 4 is 5.91 Å². The maximum absolute atomic E-state index is 12.9. The first-order chi connectivity index (χ1) is 9.47. The van der Waals surface area contributed by atoms with Gasteiger partial charge in [-0.05, 0) is 52.3 Å². The Kier molecular flexibility index (Phi) is 3.13. The molecule has 108 valence electrons. The Labute approximate surface area is 121 Å². The molecule has 3 heteroatoms. The summed E-state index contributed by atoms with van der Waals surface area (Å²) >= 11 is 0. The van der Waals surface area contributed by atoms with Gasteiger partial charge in [-0.15, -0.1) is 0 Å². The Morgan fingerprint density at radius 2 is 1.75 bits per heavy atom. The van der Waals surface area contributed by atoms with Crippen LogP contribution < -0.4 is 5.32 Å². The molecule has 1 N–H and O–H groups in total. The molecule has 0 aliphatic carbocycles. The maximum Gasteiger partial charge on any atom is 0.232 e. The van der Waals surface area contributed by atoms with E-state index < -0.39 is 0 Å². The summed E-state index contributed by atoms with van der Waals surface area (Å²) in [5, 5.41) is 3.38. The predicted molar refractivity (Wildman–Crippen MR) is 80.3 cm³/mol. The summed E-state index contributed by atoms with van der Waals surface area (Å²) in [6.07, 6.45) is 1.91. The highest BCUT2D eigenvalue weighted by Crippen LogP contribution is 2.57. The third kappa shape index (κ3) is 1.87. The van der Waals surface area contributed by atoms with E-state index in [1.807, 2.05) is 6.07 Å². The molecule has 3 rings (SSSR count). The summed E-state index contributed by atoms with van der Waals surface area (Å²) in [7, 11) is 0. The Balaban J connectivity index is 2.01. The van der Waals surface area contributed by atoms with Crippen LogP contribution in [0.4, 0.5) is 0 Å². The van der Waals surface area contributed by atoms with E-state index in [9.17, 15) is 4.79 Å². The average molecular weight is 272 g/mol. The molecule has 1 unspecified atom stereocenters. The second-order valence-electron chi connectivity index (χ2n) is 7.07. The Morgan fingerprint density at radius 1 is 1.15 bits per heavy atom. The van der Waals surface area contributed by atoms with Gasteiger partial charge in [0.1, 0.15) is 0 Å². The van der Waals surface area contributed by atoms with Gasteiger partial charge in [-0.3, -0.25) is 4.79 Å². The second-order valence-corrected chi connectivity index (χ2v) is 7.07. The molecule has 0 saturated carbocycles. The number of benzene rings is 1. The summed E-state index contributed by atoms with van der Waals surface area (Å²) in [6, 6.07) is 10.8.